The average Bonchev–Trinajstić information content (AvgIpc) is 2.31. The molecule has 18 heavy (non-hydrogen) atoms. The van der Waals surface area contributed by atoms with Gasteiger partial charge < -0.3 is 5.11 Å². The number of hydrogen-bond donors (Lipinski definition) is 1. The number of hydrogen-bond acceptors (Lipinski definition) is 1. The zero-order valence-corrected chi connectivity index (χ0v) is 10.8. The second-order valence-electron chi connectivity index (χ2n) is 5.42. The van der Waals surface area contributed by atoms with Crippen molar-refractivity contribution in [2.75, 3.05) is 0 Å². The van der Waals surface area contributed by atoms with Crippen molar-refractivity contribution in [3.8, 4) is 0 Å². The van der Waals surface area contributed by atoms with E-state index in [4.69, 9.17) is 0 Å². The predicted molar refractivity (Wildman–Crippen MR) is 67.1 cm³/mol. The maximum atomic E-state index is 13.2. The van der Waals surface area contributed by atoms with Crippen molar-refractivity contribution >= 4 is 0 Å². The first-order valence-electron chi connectivity index (χ1n) is 6.72. The Morgan fingerprint density at radius 1 is 1.17 bits per heavy atom. The molecule has 1 saturated carbocycles. The van der Waals surface area contributed by atoms with E-state index in [9.17, 15) is 13.9 Å². The summed E-state index contributed by atoms with van der Waals surface area (Å²) in [5.41, 5.74) is -0.664. The standard InChI is InChI=1S/C15H20F2O/c1-2-3-11-4-6-15(18,7-5-11)12-8-13(16)10-14(17)9-12/h8-11,18H,2-7H2,1H3. The van der Waals surface area contributed by atoms with Gasteiger partial charge in [-0.2, -0.15) is 0 Å². The molecule has 3 heteroatoms. The largest absolute Gasteiger partial charge is 0.385 e. The molecule has 0 spiro atoms. The van der Waals surface area contributed by atoms with Crippen molar-refractivity contribution < 1.29 is 13.9 Å². The van der Waals surface area contributed by atoms with Gasteiger partial charge in [-0.3, -0.25) is 0 Å². The van der Waals surface area contributed by atoms with Gasteiger partial charge in [0.2, 0.25) is 0 Å². The van der Waals surface area contributed by atoms with Gasteiger partial charge in [0.25, 0.3) is 0 Å². The van der Waals surface area contributed by atoms with E-state index in [1.165, 1.54) is 18.6 Å². The summed E-state index contributed by atoms with van der Waals surface area (Å²) in [5, 5.41) is 10.5. The first kappa shape index (κ1) is 13.5. The van der Waals surface area contributed by atoms with Crippen molar-refractivity contribution in [3.05, 3.63) is 35.4 Å². The molecule has 0 unspecified atom stereocenters. The molecule has 1 aliphatic rings. The maximum Gasteiger partial charge on any atom is 0.126 e. The van der Waals surface area contributed by atoms with E-state index >= 15 is 0 Å². The molecule has 1 nitrogen and oxygen atoms in total. The molecule has 0 heterocycles. The predicted octanol–water partition coefficient (Wildman–Crippen LogP) is 4.14. The minimum absolute atomic E-state index is 0.384. The van der Waals surface area contributed by atoms with E-state index in [-0.39, 0.29) is 0 Å². The molecule has 0 amide bonds. The number of rotatable bonds is 3. The van der Waals surface area contributed by atoms with Gasteiger partial charge in [-0.25, -0.2) is 8.78 Å². The Morgan fingerprint density at radius 3 is 2.22 bits per heavy atom. The van der Waals surface area contributed by atoms with E-state index in [0.29, 0.717) is 24.3 Å². The molecule has 100 valence electrons. The second kappa shape index (κ2) is 5.35. The molecule has 1 aromatic rings. The van der Waals surface area contributed by atoms with Crippen LogP contribution >= 0.6 is 0 Å². The number of aliphatic hydroxyl groups is 1. The lowest BCUT2D eigenvalue weighted by atomic mass is 9.74. The van der Waals surface area contributed by atoms with E-state index in [2.05, 4.69) is 6.92 Å². The highest BCUT2D eigenvalue weighted by atomic mass is 19.1. The topological polar surface area (TPSA) is 20.2 Å². The first-order chi connectivity index (χ1) is 8.53. The van der Waals surface area contributed by atoms with Crippen molar-refractivity contribution in [1.82, 2.24) is 0 Å². The van der Waals surface area contributed by atoms with Crippen LogP contribution in [-0.4, -0.2) is 5.11 Å². The summed E-state index contributed by atoms with van der Waals surface area (Å²) in [6, 6.07) is 3.35. The van der Waals surface area contributed by atoms with Gasteiger partial charge in [0.1, 0.15) is 11.6 Å². The smallest absolute Gasteiger partial charge is 0.126 e. The monoisotopic (exact) mass is 254 g/mol. The lowest BCUT2D eigenvalue weighted by Gasteiger charge is -2.36. The summed E-state index contributed by atoms with van der Waals surface area (Å²) < 4.78 is 26.4. The van der Waals surface area contributed by atoms with Gasteiger partial charge in [-0.05, 0) is 49.3 Å². The van der Waals surface area contributed by atoms with Crippen LogP contribution in [-0.2, 0) is 5.60 Å². The molecule has 0 saturated heterocycles. The summed E-state index contributed by atoms with van der Waals surface area (Å²) in [6.45, 7) is 2.16. The van der Waals surface area contributed by atoms with Crippen LogP contribution in [0.2, 0.25) is 0 Å². The van der Waals surface area contributed by atoms with Crippen LogP contribution < -0.4 is 0 Å². The fraction of sp³-hybridized carbons (Fsp3) is 0.600. The van der Waals surface area contributed by atoms with Crippen LogP contribution in [0.5, 0.6) is 0 Å². The Hall–Kier alpha value is -0.960. The first-order valence-corrected chi connectivity index (χ1v) is 6.72. The van der Waals surface area contributed by atoms with E-state index in [1.54, 1.807) is 0 Å². The Bertz CT molecular complexity index is 389. The number of halogens is 2. The summed E-state index contributed by atoms with van der Waals surface area (Å²) in [4.78, 5) is 0. The zero-order chi connectivity index (χ0) is 13.2. The number of benzene rings is 1. The van der Waals surface area contributed by atoms with Gasteiger partial charge in [0.15, 0.2) is 0 Å². The highest BCUT2D eigenvalue weighted by molar-refractivity contribution is 5.24. The fourth-order valence-corrected chi connectivity index (χ4v) is 2.96. The quantitative estimate of drug-likeness (QED) is 0.859. The van der Waals surface area contributed by atoms with Crippen LogP contribution in [0.25, 0.3) is 0 Å². The molecule has 1 N–H and O–H groups in total. The normalized spacial score (nSPS) is 28.3. The fourth-order valence-electron chi connectivity index (χ4n) is 2.96. The summed E-state index contributed by atoms with van der Waals surface area (Å²) in [5.74, 6) is -0.586. The van der Waals surface area contributed by atoms with Crippen LogP contribution in [0.4, 0.5) is 8.78 Å². The molecule has 0 aliphatic heterocycles. The molecule has 0 atom stereocenters. The third-order valence-corrected chi connectivity index (χ3v) is 4.03. The molecular formula is C15H20F2O. The summed E-state index contributed by atoms with van der Waals surface area (Å²) in [7, 11) is 0. The summed E-state index contributed by atoms with van der Waals surface area (Å²) in [6.07, 6.45) is 5.39. The van der Waals surface area contributed by atoms with Crippen LogP contribution in [0.3, 0.4) is 0 Å². The Labute approximate surface area is 107 Å². The average molecular weight is 254 g/mol. The van der Waals surface area contributed by atoms with Gasteiger partial charge in [0, 0.05) is 6.07 Å². The molecule has 1 fully saturated rings. The molecular weight excluding hydrogens is 234 g/mol. The maximum absolute atomic E-state index is 13.2. The molecule has 1 aromatic carbocycles. The minimum Gasteiger partial charge on any atom is -0.385 e. The second-order valence-corrected chi connectivity index (χ2v) is 5.42. The van der Waals surface area contributed by atoms with E-state index in [0.717, 1.165) is 25.3 Å². The van der Waals surface area contributed by atoms with Gasteiger partial charge in [-0.15, -0.1) is 0 Å². The van der Waals surface area contributed by atoms with Gasteiger partial charge in [-0.1, -0.05) is 19.8 Å². The highest BCUT2D eigenvalue weighted by Gasteiger charge is 2.35. The molecule has 0 aromatic heterocycles. The van der Waals surface area contributed by atoms with E-state index < -0.39 is 17.2 Å². The lowest BCUT2D eigenvalue weighted by molar-refractivity contribution is -0.0157. The Kier molecular flexibility index (Phi) is 4.00. The third-order valence-electron chi connectivity index (χ3n) is 4.03. The molecule has 1 aliphatic carbocycles. The zero-order valence-electron chi connectivity index (χ0n) is 10.8. The minimum atomic E-state index is -1.05. The van der Waals surface area contributed by atoms with Crippen LogP contribution in [0, 0.1) is 17.6 Å². The SMILES string of the molecule is CCCC1CCC(O)(c2cc(F)cc(F)c2)CC1. The van der Waals surface area contributed by atoms with Crippen molar-refractivity contribution in [1.29, 1.82) is 0 Å². The summed E-state index contributed by atoms with van der Waals surface area (Å²) >= 11 is 0. The van der Waals surface area contributed by atoms with Gasteiger partial charge >= 0.3 is 0 Å². The highest BCUT2D eigenvalue weighted by Crippen LogP contribution is 2.41. The molecule has 0 bridgehead atoms. The molecule has 0 radical (unpaired) electrons. The Morgan fingerprint density at radius 2 is 1.72 bits per heavy atom. The van der Waals surface area contributed by atoms with Crippen molar-refractivity contribution in [2.45, 2.75) is 51.0 Å². The third kappa shape index (κ3) is 2.89. The molecule has 2 rings (SSSR count). The lowest BCUT2D eigenvalue weighted by Crippen LogP contribution is -2.31. The van der Waals surface area contributed by atoms with E-state index in [1.807, 2.05) is 0 Å². The van der Waals surface area contributed by atoms with Crippen LogP contribution in [0.1, 0.15) is 51.0 Å². The van der Waals surface area contributed by atoms with Crippen molar-refractivity contribution in [2.24, 2.45) is 5.92 Å². The Balaban J connectivity index is 2.13. The van der Waals surface area contributed by atoms with Gasteiger partial charge in [0.05, 0.1) is 5.60 Å². The van der Waals surface area contributed by atoms with Crippen LogP contribution in [0.15, 0.2) is 18.2 Å². The van der Waals surface area contributed by atoms with Crippen molar-refractivity contribution in [3.63, 3.8) is 0 Å².